The molecule has 25 heavy (non-hydrogen) atoms. The highest BCUT2D eigenvalue weighted by Gasteiger charge is 2.32. The highest BCUT2D eigenvalue weighted by atomic mass is 19.4. The van der Waals surface area contributed by atoms with Crippen molar-refractivity contribution in [3.63, 3.8) is 0 Å². The fourth-order valence-corrected chi connectivity index (χ4v) is 2.82. The Kier molecular flexibility index (Phi) is 5.00. The van der Waals surface area contributed by atoms with E-state index in [2.05, 4.69) is 25.1 Å². The summed E-state index contributed by atoms with van der Waals surface area (Å²) in [5.74, 6) is 1.34. The van der Waals surface area contributed by atoms with Crippen LogP contribution in [0.25, 0.3) is 0 Å². The minimum Gasteiger partial charge on any atom is -0.352 e. The third kappa shape index (κ3) is 4.15. The molecule has 6 nitrogen and oxygen atoms in total. The Labute approximate surface area is 142 Å². The number of halogens is 3. The molecule has 2 aromatic rings. The van der Waals surface area contributed by atoms with Crippen molar-refractivity contribution in [2.24, 2.45) is 0 Å². The molecule has 3 heterocycles. The van der Waals surface area contributed by atoms with Gasteiger partial charge in [0.2, 0.25) is 0 Å². The van der Waals surface area contributed by atoms with Crippen LogP contribution in [0.2, 0.25) is 0 Å². The van der Waals surface area contributed by atoms with E-state index in [0.29, 0.717) is 13.0 Å². The van der Waals surface area contributed by atoms with Crippen molar-refractivity contribution >= 4 is 5.91 Å². The summed E-state index contributed by atoms with van der Waals surface area (Å²) in [6.07, 6.45) is 1.21. The Morgan fingerprint density at radius 3 is 2.76 bits per heavy atom. The van der Waals surface area contributed by atoms with Gasteiger partial charge in [0.1, 0.15) is 17.3 Å². The molecule has 3 rings (SSSR count). The lowest BCUT2D eigenvalue weighted by molar-refractivity contribution is -0.141. The van der Waals surface area contributed by atoms with Crippen LogP contribution in [0.1, 0.15) is 47.0 Å². The highest BCUT2D eigenvalue weighted by molar-refractivity contribution is 5.93. The molecule has 134 valence electrons. The summed E-state index contributed by atoms with van der Waals surface area (Å²) in [7, 11) is 0. The van der Waals surface area contributed by atoms with Crippen molar-refractivity contribution in [3.05, 3.63) is 41.2 Å². The van der Waals surface area contributed by atoms with E-state index in [1.165, 1.54) is 6.42 Å². The summed E-state index contributed by atoms with van der Waals surface area (Å²) in [6.45, 7) is 1.21. The normalized spacial score (nSPS) is 14.7. The number of alkyl halides is 3. The van der Waals surface area contributed by atoms with Crippen molar-refractivity contribution in [2.75, 3.05) is 6.54 Å². The molecule has 0 radical (unpaired) electrons. The average Bonchev–Trinajstić information content (AvgIpc) is 2.81. The predicted molar refractivity (Wildman–Crippen MR) is 82.9 cm³/mol. The molecule has 1 amide bonds. The number of rotatable bonds is 4. The minimum atomic E-state index is -4.51. The van der Waals surface area contributed by atoms with Crippen LogP contribution >= 0.6 is 0 Å². The van der Waals surface area contributed by atoms with Gasteiger partial charge in [0.25, 0.3) is 5.91 Å². The molecule has 0 saturated carbocycles. The Balaban J connectivity index is 1.55. The second-order valence-corrected chi connectivity index (χ2v) is 5.93. The Hall–Kier alpha value is -2.45. The van der Waals surface area contributed by atoms with E-state index < -0.39 is 17.8 Å². The molecule has 1 N–H and O–H groups in total. The van der Waals surface area contributed by atoms with Crippen molar-refractivity contribution in [3.8, 4) is 0 Å². The fraction of sp³-hybridized carbons (Fsp3) is 0.500. The number of fused-ring (bicyclic) bond motifs is 1. The van der Waals surface area contributed by atoms with Gasteiger partial charge in [-0.1, -0.05) is 6.42 Å². The molecule has 0 fully saturated rings. The van der Waals surface area contributed by atoms with E-state index in [0.717, 1.165) is 55.8 Å². The summed E-state index contributed by atoms with van der Waals surface area (Å²) in [5, 5.41) is 11.0. The molecular weight excluding hydrogens is 335 g/mol. The van der Waals surface area contributed by atoms with E-state index in [9.17, 15) is 18.0 Å². The predicted octanol–water partition coefficient (Wildman–Crippen LogP) is 2.39. The van der Waals surface area contributed by atoms with Crippen molar-refractivity contribution in [2.45, 2.75) is 44.8 Å². The van der Waals surface area contributed by atoms with Crippen LogP contribution in [0.5, 0.6) is 0 Å². The third-order valence-corrected chi connectivity index (χ3v) is 4.14. The van der Waals surface area contributed by atoms with Crippen LogP contribution in [0, 0.1) is 0 Å². The standard InChI is InChI=1S/C16H18F3N5O/c17-16(18,19)12-6-5-11(10-21-12)15(25)20-8-7-14-23-22-13-4-2-1-3-9-24(13)14/h5-6,10H,1-4,7-9H2,(H,20,25). The van der Waals surface area contributed by atoms with Crippen molar-refractivity contribution < 1.29 is 18.0 Å². The number of aromatic nitrogens is 4. The summed E-state index contributed by atoms with van der Waals surface area (Å²) < 4.78 is 39.5. The zero-order valence-electron chi connectivity index (χ0n) is 13.5. The summed E-state index contributed by atoms with van der Waals surface area (Å²) in [4.78, 5) is 15.3. The topological polar surface area (TPSA) is 72.7 Å². The molecule has 9 heteroatoms. The van der Waals surface area contributed by atoms with Crippen LogP contribution in [-0.2, 0) is 25.6 Å². The SMILES string of the molecule is O=C(NCCc1nnc2n1CCCCC2)c1ccc(C(F)(F)F)nc1. The maximum atomic E-state index is 12.5. The molecular formula is C16H18F3N5O. The number of carbonyl (C=O) groups excluding carboxylic acids is 1. The zero-order valence-corrected chi connectivity index (χ0v) is 13.5. The lowest BCUT2D eigenvalue weighted by Crippen LogP contribution is -2.27. The van der Waals surface area contributed by atoms with E-state index in [1.54, 1.807) is 0 Å². The monoisotopic (exact) mass is 353 g/mol. The van der Waals surface area contributed by atoms with Gasteiger partial charge in [-0.3, -0.25) is 9.78 Å². The van der Waals surface area contributed by atoms with Gasteiger partial charge >= 0.3 is 6.18 Å². The van der Waals surface area contributed by atoms with Crippen molar-refractivity contribution in [1.82, 2.24) is 25.1 Å². The van der Waals surface area contributed by atoms with Gasteiger partial charge in [-0.25, -0.2) is 0 Å². The third-order valence-electron chi connectivity index (χ3n) is 4.14. The Morgan fingerprint density at radius 1 is 1.20 bits per heavy atom. The van der Waals surface area contributed by atoms with Gasteiger partial charge in [-0.15, -0.1) is 10.2 Å². The van der Waals surface area contributed by atoms with E-state index in [4.69, 9.17) is 0 Å². The average molecular weight is 353 g/mol. The molecule has 2 aromatic heterocycles. The molecule has 1 aliphatic rings. The smallest absolute Gasteiger partial charge is 0.352 e. The molecule has 0 atom stereocenters. The molecule has 0 saturated heterocycles. The first-order valence-electron chi connectivity index (χ1n) is 8.17. The molecule has 0 spiro atoms. The van der Waals surface area contributed by atoms with Crippen molar-refractivity contribution in [1.29, 1.82) is 0 Å². The number of hydrogen-bond acceptors (Lipinski definition) is 4. The lowest BCUT2D eigenvalue weighted by atomic mass is 10.2. The maximum absolute atomic E-state index is 12.5. The van der Waals surface area contributed by atoms with Gasteiger partial charge in [0.15, 0.2) is 0 Å². The van der Waals surface area contributed by atoms with Gasteiger partial charge in [-0.2, -0.15) is 13.2 Å². The largest absolute Gasteiger partial charge is 0.433 e. The quantitative estimate of drug-likeness (QED) is 0.916. The Morgan fingerprint density at radius 2 is 2.04 bits per heavy atom. The van der Waals surface area contributed by atoms with E-state index in [1.807, 2.05) is 0 Å². The van der Waals surface area contributed by atoms with Gasteiger partial charge in [-0.05, 0) is 25.0 Å². The summed E-state index contributed by atoms with van der Waals surface area (Å²) >= 11 is 0. The lowest BCUT2D eigenvalue weighted by Gasteiger charge is -2.09. The highest BCUT2D eigenvalue weighted by Crippen LogP contribution is 2.27. The van der Waals surface area contributed by atoms with Crippen LogP contribution in [0.15, 0.2) is 18.3 Å². The molecule has 0 unspecified atom stereocenters. The number of aryl methyl sites for hydroxylation is 1. The van der Waals surface area contributed by atoms with Crippen LogP contribution in [0.4, 0.5) is 13.2 Å². The fourth-order valence-electron chi connectivity index (χ4n) is 2.82. The van der Waals surface area contributed by atoms with E-state index in [-0.39, 0.29) is 5.56 Å². The second-order valence-electron chi connectivity index (χ2n) is 5.93. The number of nitrogens with zero attached hydrogens (tertiary/aromatic N) is 4. The number of hydrogen-bond donors (Lipinski definition) is 1. The first-order valence-corrected chi connectivity index (χ1v) is 8.17. The summed E-state index contributed by atoms with van der Waals surface area (Å²) in [6, 6.07) is 1.92. The zero-order chi connectivity index (χ0) is 17.9. The molecule has 1 aliphatic heterocycles. The van der Waals surface area contributed by atoms with Crippen LogP contribution in [-0.4, -0.2) is 32.2 Å². The first-order chi connectivity index (χ1) is 11.9. The van der Waals surface area contributed by atoms with Gasteiger partial charge < -0.3 is 9.88 Å². The number of amides is 1. The van der Waals surface area contributed by atoms with Crippen LogP contribution < -0.4 is 5.32 Å². The molecule has 0 aromatic carbocycles. The van der Waals surface area contributed by atoms with Gasteiger partial charge in [0, 0.05) is 32.1 Å². The molecule has 0 aliphatic carbocycles. The second kappa shape index (κ2) is 7.20. The summed E-state index contributed by atoms with van der Waals surface area (Å²) in [5.41, 5.74) is -0.928. The van der Waals surface area contributed by atoms with Gasteiger partial charge in [0.05, 0.1) is 5.56 Å². The number of nitrogens with one attached hydrogen (secondary N) is 1. The minimum absolute atomic E-state index is 0.0908. The maximum Gasteiger partial charge on any atom is 0.433 e. The number of carbonyl (C=O) groups is 1. The van der Waals surface area contributed by atoms with Crippen LogP contribution in [0.3, 0.4) is 0 Å². The Bertz CT molecular complexity index is 739. The first kappa shape index (κ1) is 17.4. The number of pyridine rings is 1. The molecule has 0 bridgehead atoms. The van der Waals surface area contributed by atoms with E-state index >= 15 is 0 Å².